The second-order valence-corrected chi connectivity index (χ2v) is 3.07. The summed E-state index contributed by atoms with van der Waals surface area (Å²) < 4.78 is 50.1. The maximum Gasteiger partial charge on any atom is 0.420 e. The molecule has 0 saturated heterocycles. The second-order valence-electron chi connectivity index (χ2n) is 2.73. The van der Waals surface area contributed by atoms with E-state index in [0.29, 0.717) is 6.07 Å². The van der Waals surface area contributed by atoms with Crippen LogP contribution in [0, 0.1) is 17.1 Å². The Bertz CT molecular complexity index is 490. The second kappa shape index (κ2) is 4.10. The minimum absolute atomic E-state index is 0.444. The third-order valence-electron chi connectivity index (χ3n) is 1.76. The SMILES string of the molecule is N#Cc1c(C(=O)Cl)ccc(F)c1C(F)(F)F. The van der Waals surface area contributed by atoms with E-state index in [1.165, 1.54) is 0 Å². The van der Waals surface area contributed by atoms with Crippen molar-refractivity contribution in [1.29, 1.82) is 5.26 Å². The maximum atomic E-state index is 13.0. The molecule has 0 aliphatic rings. The molecule has 0 N–H and O–H groups in total. The van der Waals surface area contributed by atoms with Crippen molar-refractivity contribution in [3.05, 3.63) is 34.6 Å². The molecule has 0 aliphatic heterocycles. The Labute approximate surface area is 92.0 Å². The zero-order valence-corrected chi connectivity index (χ0v) is 8.16. The molecule has 7 heteroatoms. The van der Waals surface area contributed by atoms with Crippen LogP contribution in [-0.2, 0) is 6.18 Å². The Balaban J connectivity index is 3.66. The first-order valence-electron chi connectivity index (χ1n) is 3.78. The van der Waals surface area contributed by atoms with Gasteiger partial charge in [-0.1, -0.05) is 0 Å². The molecule has 16 heavy (non-hydrogen) atoms. The number of nitrogens with zero attached hydrogens (tertiary/aromatic N) is 1. The van der Waals surface area contributed by atoms with Gasteiger partial charge in [0.15, 0.2) is 0 Å². The van der Waals surface area contributed by atoms with Crippen LogP contribution >= 0.6 is 11.6 Å². The molecule has 1 aromatic carbocycles. The Morgan fingerprint density at radius 1 is 1.38 bits per heavy atom. The molecule has 0 fully saturated rings. The molecular weight excluding hydrogens is 250 g/mol. The van der Waals surface area contributed by atoms with E-state index in [1.807, 2.05) is 0 Å². The van der Waals surface area contributed by atoms with Crippen LogP contribution in [0.1, 0.15) is 21.5 Å². The van der Waals surface area contributed by atoms with E-state index in [1.54, 1.807) is 0 Å². The lowest BCUT2D eigenvalue weighted by Gasteiger charge is -2.11. The largest absolute Gasteiger partial charge is 0.420 e. The third-order valence-corrected chi connectivity index (χ3v) is 1.97. The Morgan fingerprint density at radius 2 is 1.94 bits per heavy atom. The van der Waals surface area contributed by atoms with Gasteiger partial charge >= 0.3 is 6.18 Å². The lowest BCUT2D eigenvalue weighted by atomic mass is 10.0. The van der Waals surface area contributed by atoms with Gasteiger partial charge < -0.3 is 0 Å². The highest BCUT2D eigenvalue weighted by molar-refractivity contribution is 6.68. The van der Waals surface area contributed by atoms with Crippen molar-refractivity contribution in [3.8, 4) is 6.07 Å². The predicted octanol–water partition coefficient (Wildman–Crippen LogP) is 3.10. The third kappa shape index (κ3) is 2.14. The van der Waals surface area contributed by atoms with Gasteiger partial charge in [-0.05, 0) is 23.7 Å². The van der Waals surface area contributed by atoms with Crippen LogP contribution in [0.2, 0.25) is 0 Å². The highest BCUT2D eigenvalue weighted by Gasteiger charge is 2.38. The molecule has 0 unspecified atom stereocenters. The van der Waals surface area contributed by atoms with Crippen LogP contribution in [-0.4, -0.2) is 5.24 Å². The first kappa shape index (κ1) is 12.5. The predicted molar refractivity (Wildman–Crippen MR) is 46.3 cm³/mol. The van der Waals surface area contributed by atoms with Gasteiger partial charge in [-0.25, -0.2) is 4.39 Å². The molecule has 2 nitrogen and oxygen atoms in total. The fraction of sp³-hybridized carbons (Fsp3) is 0.111. The van der Waals surface area contributed by atoms with Gasteiger partial charge in [-0.15, -0.1) is 0 Å². The molecule has 1 aromatic rings. The van der Waals surface area contributed by atoms with Crippen molar-refractivity contribution in [3.63, 3.8) is 0 Å². The highest BCUT2D eigenvalue weighted by atomic mass is 35.5. The summed E-state index contributed by atoms with van der Waals surface area (Å²) in [6, 6.07) is 2.31. The molecular formula is C9H2ClF4NO. The van der Waals surface area contributed by atoms with Crippen molar-refractivity contribution < 1.29 is 22.4 Å². The quantitative estimate of drug-likeness (QED) is 0.568. The van der Waals surface area contributed by atoms with Crippen molar-refractivity contribution >= 4 is 16.8 Å². The zero-order chi connectivity index (χ0) is 12.5. The summed E-state index contributed by atoms with van der Waals surface area (Å²) in [4.78, 5) is 10.7. The molecule has 0 radical (unpaired) electrons. The summed E-state index contributed by atoms with van der Waals surface area (Å²) in [5.41, 5.74) is -3.55. The number of rotatable bonds is 1. The summed E-state index contributed by atoms with van der Waals surface area (Å²) in [7, 11) is 0. The smallest absolute Gasteiger partial charge is 0.276 e. The standard InChI is InChI=1S/C9H2ClF4NO/c10-8(16)4-1-2-6(11)7(5(4)3-15)9(12,13)14/h1-2H. The number of alkyl halides is 3. The Hall–Kier alpha value is -1.61. The molecule has 1 rings (SSSR count). The number of nitriles is 1. The van der Waals surface area contributed by atoms with E-state index in [9.17, 15) is 22.4 Å². The number of halogens is 5. The van der Waals surface area contributed by atoms with E-state index in [0.717, 1.165) is 12.1 Å². The van der Waals surface area contributed by atoms with Crippen LogP contribution in [0.5, 0.6) is 0 Å². The molecule has 0 aliphatic carbocycles. The average molecular weight is 252 g/mol. The van der Waals surface area contributed by atoms with E-state index in [-0.39, 0.29) is 0 Å². The minimum Gasteiger partial charge on any atom is -0.276 e. The van der Waals surface area contributed by atoms with Gasteiger partial charge in [0.05, 0.1) is 11.1 Å². The normalized spacial score (nSPS) is 11.0. The van der Waals surface area contributed by atoms with Gasteiger partial charge in [0.25, 0.3) is 5.24 Å². The maximum absolute atomic E-state index is 13.0. The molecule has 0 bridgehead atoms. The van der Waals surface area contributed by atoms with Gasteiger partial charge in [0, 0.05) is 0 Å². The number of carbonyl (C=O) groups is 1. The van der Waals surface area contributed by atoms with Gasteiger partial charge in [0.1, 0.15) is 17.4 Å². The van der Waals surface area contributed by atoms with Crippen molar-refractivity contribution in [2.75, 3.05) is 0 Å². The van der Waals surface area contributed by atoms with Gasteiger partial charge in [-0.3, -0.25) is 4.79 Å². The van der Waals surface area contributed by atoms with Gasteiger partial charge in [0.2, 0.25) is 0 Å². The van der Waals surface area contributed by atoms with Crippen LogP contribution in [0.15, 0.2) is 12.1 Å². The molecule has 0 amide bonds. The Kier molecular flexibility index (Phi) is 3.19. The number of hydrogen-bond acceptors (Lipinski definition) is 2. The van der Waals surface area contributed by atoms with E-state index in [2.05, 4.69) is 0 Å². The zero-order valence-electron chi connectivity index (χ0n) is 7.40. The van der Waals surface area contributed by atoms with Crippen LogP contribution in [0.3, 0.4) is 0 Å². The summed E-state index contributed by atoms with van der Waals surface area (Å²) in [6.45, 7) is 0. The Morgan fingerprint density at radius 3 is 2.31 bits per heavy atom. The molecule has 0 aromatic heterocycles. The van der Waals surface area contributed by atoms with Gasteiger partial charge in [-0.2, -0.15) is 18.4 Å². The fourth-order valence-electron chi connectivity index (χ4n) is 1.13. The summed E-state index contributed by atoms with van der Waals surface area (Å²) in [5.74, 6) is -1.62. The topological polar surface area (TPSA) is 40.9 Å². The molecule has 0 atom stereocenters. The van der Waals surface area contributed by atoms with E-state index >= 15 is 0 Å². The van der Waals surface area contributed by atoms with Crippen molar-refractivity contribution in [2.45, 2.75) is 6.18 Å². The molecule has 0 saturated carbocycles. The highest BCUT2D eigenvalue weighted by Crippen LogP contribution is 2.35. The molecule has 0 spiro atoms. The number of benzene rings is 1. The summed E-state index contributed by atoms with van der Waals surface area (Å²) in [6.07, 6.45) is -5.06. The van der Waals surface area contributed by atoms with Crippen LogP contribution in [0.25, 0.3) is 0 Å². The minimum atomic E-state index is -5.06. The first-order valence-corrected chi connectivity index (χ1v) is 4.16. The average Bonchev–Trinajstić information content (AvgIpc) is 2.14. The van der Waals surface area contributed by atoms with Crippen LogP contribution < -0.4 is 0 Å². The first-order chi connectivity index (χ1) is 7.29. The van der Waals surface area contributed by atoms with Crippen LogP contribution in [0.4, 0.5) is 17.6 Å². The number of carbonyl (C=O) groups excluding carboxylic acids is 1. The monoisotopic (exact) mass is 251 g/mol. The molecule has 84 valence electrons. The van der Waals surface area contributed by atoms with Crippen molar-refractivity contribution in [2.24, 2.45) is 0 Å². The van der Waals surface area contributed by atoms with E-state index in [4.69, 9.17) is 16.9 Å². The van der Waals surface area contributed by atoms with E-state index < -0.39 is 33.9 Å². The fourth-order valence-corrected chi connectivity index (χ4v) is 1.29. The number of hydrogen-bond donors (Lipinski definition) is 0. The lowest BCUT2D eigenvalue weighted by Crippen LogP contribution is -2.13. The lowest BCUT2D eigenvalue weighted by molar-refractivity contribution is -0.140. The summed E-state index contributed by atoms with van der Waals surface area (Å²) in [5, 5.41) is 7.26. The molecule has 0 heterocycles. The van der Waals surface area contributed by atoms with Crippen molar-refractivity contribution in [1.82, 2.24) is 0 Å². The summed E-state index contributed by atoms with van der Waals surface area (Å²) >= 11 is 4.98.